The average molecular weight is 774 g/mol. The number of hydrogen-bond donors (Lipinski definition) is 13. The normalized spacial score (nSPS) is 16.3. The van der Waals surface area contributed by atoms with Crippen molar-refractivity contribution < 1.29 is 54.0 Å². The standard InChI is InChI=1S/C30H55N13O11/c31-29(32)35-5-1-3-20(27(52)39-21(28(53)54)4-2-6-36-30(33)34)38-22(44)15-37-23(45)16-40-7-9-41(17-24(46)47)11-13-43(19-26(50)51)14-12-42(10-8-40)18-25(48)49/h20-21H,1-19H2,(H,37,45)(H,38,44)(H,39,52)(H,46,47)(H,48,49)(H,50,51)(H,53,54)(H4,31,32,35)(H4,33,34,36). The topological polar surface area (TPSA) is 373 Å². The van der Waals surface area contributed by atoms with Crippen LogP contribution in [-0.4, -0.2) is 204 Å². The lowest BCUT2D eigenvalue weighted by molar-refractivity contribution is -0.142. The Hall–Kier alpha value is -5.33. The van der Waals surface area contributed by atoms with E-state index in [2.05, 4.69) is 26.6 Å². The van der Waals surface area contributed by atoms with Gasteiger partial charge in [-0.2, -0.15) is 0 Å². The van der Waals surface area contributed by atoms with Gasteiger partial charge in [-0.3, -0.25) is 59.2 Å². The van der Waals surface area contributed by atoms with Crippen molar-refractivity contribution in [2.75, 3.05) is 98.2 Å². The summed E-state index contributed by atoms with van der Waals surface area (Å²) in [5.74, 6) is -7.37. The van der Waals surface area contributed by atoms with Gasteiger partial charge in [0.1, 0.15) is 12.1 Å². The van der Waals surface area contributed by atoms with Crippen LogP contribution in [0.4, 0.5) is 0 Å². The molecule has 1 rings (SSSR count). The fourth-order valence-electron chi connectivity index (χ4n) is 5.33. The predicted molar refractivity (Wildman–Crippen MR) is 191 cm³/mol. The van der Waals surface area contributed by atoms with Crippen LogP contribution in [0, 0.1) is 10.8 Å². The van der Waals surface area contributed by atoms with Gasteiger partial charge in [0.15, 0.2) is 11.9 Å². The first-order chi connectivity index (χ1) is 25.4. The van der Waals surface area contributed by atoms with Crippen molar-refractivity contribution in [1.82, 2.24) is 46.2 Å². The number of carboxylic acid groups (broad SMARTS) is 4. The average Bonchev–Trinajstić information content (AvgIpc) is 3.06. The summed E-state index contributed by atoms with van der Waals surface area (Å²) in [7, 11) is 0. The molecule has 15 N–H and O–H groups in total. The molecule has 0 aromatic carbocycles. The van der Waals surface area contributed by atoms with E-state index in [9.17, 15) is 54.0 Å². The van der Waals surface area contributed by atoms with E-state index in [1.54, 1.807) is 19.6 Å². The lowest BCUT2D eigenvalue weighted by atomic mass is 10.1. The van der Waals surface area contributed by atoms with E-state index in [0.717, 1.165) is 0 Å². The van der Waals surface area contributed by atoms with Crippen LogP contribution in [-0.2, 0) is 33.6 Å². The molecule has 0 aromatic rings. The number of carboxylic acids is 4. The molecule has 0 aliphatic carbocycles. The maximum absolute atomic E-state index is 13.1. The molecule has 2 unspecified atom stereocenters. The van der Waals surface area contributed by atoms with Crippen LogP contribution >= 0.6 is 0 Å². The quantitative estimate of drug-likeness (QED) is 0.0277. The molecular formula is C30H55N13O11. The number of guanidine groups is 2. The van der Waals surface area contributed by atoms with Gasteiger partial charge in [-0.25, -0.2) is 4.79 Å². The fraction of sp³-hybridized carbons (Fsp3) is 0.700. The van der Waals surface area contributed by atoms with Gasteiger partial charge in [-0.15, -0.1) is 0 Å². The van der Waals surface area contributed by atoms with Gasteiger partial charge in [-0.05, 0) is 25.7 Å². The van der Waals surface area contributed by atoms with Crippen molar-refractivity contribution in [2.24, 2.45) is 11.5 Å². The Labute approximate surface area is 311 Å². The molecule has 54 heavy (non-hydrogen) atoms. The van der Waals surface area contributed by atoms with Gasteiger partial charge in [0, 0.05) is 65.4 Å². The molecule has 24 heteroatoms. The molecule has 24 nitrogen and oxygen atoms in total. The third-order valence-electron chi connectivity index (χ3n) is 8.06. The van der Waals surface area contributed by atoms with E-state index in [0.29, 0.717) is 0 Å². The van der Waals surface area contributed by atoms with Crippen LogP contribution in [0.15, 0.2) is 0 Å². The molecule has 2 atom stereocenters. The van der Waals surface area contributed by atoms with Gasteiger partial charge < -0.3 is 58.5 Å². The van der Waals surface area contributed by atoms with Crippen molar-refractivity contribution in [3.05, 3.63) is 0 Å². The number of carbonyl (C=O) groups excluding carboxylic acids is 3. The number of nitrogens with two attached hydrogens (primary N) is 2. The molecule has 3 amide bonds. The van der Waals surface area contributed by atoms with Crippen LogP contribution in [0.2, 0.25) is 0 Å². The van der Waals surface area contributed by atoms with Gasteiger partial charge in [-0.1, -0.05) is 0 Å². The summed E-state index contributed by atoms with van der Waals surface area (Å²) >= 11 is 0. The lowest BCUT2D eigenvalue weighted by Crippen LogP contribution is -2.54. The minimum absolute atomic E-state index is 0.00816. The molecule has 1 saturated heterocycles. The van der Waals surface area contributed by atoms with E-state index in [-0.39, 0.29) is 129 Å². The number of nitrogens with zero attached hydrogens (tertiary/aromatic N) is 4. The fourth-order valence-corrected chi connectivity index (χ4v) is 5.33. The predicted octanol–water partition coefficient (Wildman–Crippen LogP) is -5.84. The molecule has 1 aliphatic heterocycles. The molecule has 306 valence electrons. The number of aliphatic carboxylic acids is 4. The zero-order valence-corrected chi connectivity index (χ0v) is 30.2. The number of hydrogen-bond acceptors (Lipinski definition) is 13. The third kappa shape index (κ3) is 22.6. The number of carbonyl (C=O) groups is 7. The van der Waals surface area contributed by atoms with E-state index >= 15 is 0 Å². The molecule has 0 bridgehead atoms. The molecule has 0 spiro atoms. The highest BCUT2D eigenvalue weighted by atomic mass is 16.4. The van der Waals surface area contributed by atoms with Gasteiger partial charge in [0.2, 0.25) is 17.7 Å². The van der Waals surface area contributed by atoms with Crippen molar-refractivity contribution in [2.45, 2.75) is 37.8 Å². The molecule has 0 radical (unpaired) electrons. The molecule has 1 heterocycles. The summed E-state index contributed by atoms with van der Waals surface area (Å²) < 4.78 is 0. The maximum atomic E-state index is 13.1. The number of nitrogens with one attached hydrogen (secondary N) is 7. The number of rotatable bonds is 22. The van der Waals surface area contributed by atoms with Crippen molar-refractivity contribution in [1.29, 1.82) is 10.8 Å². The number of amides is 3. The van der Waals surface area contributed by atoms with Gasteiger partial charge in [0.05, 0.1) is 32.7 Å². The highest BCUT2D eigenvalue weighted by Crippen LogP contribution is 2.04. The second kappa shape index (κ2) is 25.6. The Bertz CT molecular complexity index is 1270. The summed E-state index contributed by atoms with van der Waals surface area (Å²) in [5.41, 5.74) is 10.5. The molecule has 0 saturated carbocycles. The first-order valence-corrected chi connectivity index (χ1v) is 17.2. The van der Waals surface area contributed by atoms with Crippen molar-refractivity contribution in [3.63, 3.8) is 0 Å². The molecule has 0 aromatic heterocycles. The largest absolute Gasteiger partial charge is 0.480 e. The van der Waals surface area contributed by atoms with E-state index in [4.69, 9.17) is 22.3 Å². The second-order valence-corrected chi connectivity index (χ2v) is 12.5. The SMILES string of the molecule is N=C(N)NCCCC(NC(=O)C(CCCNC(=N)N)NC(=O)CNC(=O)CN1CCN(CC(=O)O)CCN(CC(=O)O)CCN(CC(=O)O)CC1)C(=O)O. The third-order valence-corrected chi connectivity index (χ3v) is 8.06. The smallest absolute Gasteiger partial charge is 0.326 e. The minimum Gasteiger partial charge on any atom is -0.480 e. The highest BCUT2D eigenvalue weighted by Gasteiger charge is 2.27. The summed E-state index contributed by atoms with van der Waals surface area (Å²) in [5, 5.41) is 64.7. The van der Waals surface area contributed by atoms with Crippen molar-refractivity contribution in [3.8, 4) is 0 Å². The molecule has 1 aliphatic rings. The molecular weight excluding hydrogens is 718 g/mol. The Morgan fingerprint density at radius 1 is 0.537 bits per heavy atom. The highest BCUT2D eigenvalue weighted by molar-refractivity contribution is 5.92. The van der Waals surface area contributed by atoms with Gasteiger partial charge in [0.25, 0.3) is 0 Å². The molecule has 1 fully saturated rings. The Balaban J connectivity index is 2.96. The Morgan fingerprint density at radius 3 is 1.26 bits per heavy atom. The zero-order chi connectivity index (χ0) is 40.6. The van der Waals surface area contributed by atoms with Crippen LogP contribution in [0.5, 0.6) is 0 Å². The zero-order valence-electron chi connectivity index (χ0n) is 30.2. The maximum Gasteiger partial charge on any atom is 0.326 e. The van der Waals surface area contributed by atoms with Crippen LogP contribution < -0.4 is 38.1 Å². The van der Waals surface area contributed by atoms with Crippen LogP contribution in [0.1, 0.15) is 25.7 Å². The van der Waals surface area contributed by atoms with Crippen LogP contribution in [0.25, 0.3) is 0 Å². The summed E-state index contributed by atoms with van der Waals surface area (Å²) in [6.07, 6.45) is 0.506. The first kappa shape index (κ1) is 46.7. The second-order valence-electron chi connectivity index (χ2n) is 12.5. The van der Waals surface area contributed by atoms with E-state index < -0.39 is 60.2 Å². The monoisotopic (exact) mass is 773 g/mol. The van der Waals surface area contributed by atoms with Gasteiger partial charge >= 0.3 is 23.9 Å². The first-order valence-electron chi connectivity index (χ1n) is 17.2. The minimum atomic E-state index is -1.32. The Kier molecular flexibility index (Phi) is 22.1. The van der Waals surface area contributed by atoms with Crippen molar-refractivity contribution >= 4 is 53.5 Å². The Morgan fingerprint density at radius 2 is 0.907 bits per heavy atom. The summed E-state index contributed by atoms with van der Waals surface area (Å²) in [6, 6.07) is -2.54. The van der Waals surface area contributed by atoms with Crippen LogP contribution in [0.3, 0.4) is 0 Å². The van der Waals surface area contributed by atoms with E-state index in [1.165, 1.54) is 0 Å². The lowest BCUT2D eigenvalue weighted by Gasteiger charge is -2.32. The summed E-state index contributed by atoms with van der Waals surface area (Å²) in [4.78, 5) is 91.8. The summed E-state index contributed by atoms with van der Waals surface area (Å²) in [6.45, 7) is 0.0988. The van der Waals surface area contributed by atoms with E-state index in [1.807, 2.05) is 0 Å².